The zero-order valence-electron chi connectivity index (χ0n) is 13.5. The molecular weight excluding hydrogens is 384 g/mol. The molecule has 0 spiro atoms. The zero-order valence-corrected chi connectivity index (χ0v) is 15.0. The van der Waals surface area contributed by atoms with Crippen molar-refractivity contribution >= 4 is 21.9 Å². The Morgan fingerprint density at radius 3 is 2.76 bits per heavy atom. The minimum atomic E-state index is -0.273. The summed E-state index contributed by atoms with van der Waals surface area (Å²) in [6.45, 7) is 0. The quantitative estimate of drug-likeness (QED) is 0.668. The van der Waals surface area contributed by atoms with Gasteiger partial charge >= 0.3 is 5.97 Å². The second-order valence-electron chi connectivity index (χ2n) is 5.83. The topological polar surface area (TPSA) is 64.2 Å². The van der Waals surface area contributed by atoms with Gasteiger partial charge in [0, 0.05) is 16.0 Å². The molecule has 1 atom stereocenters. The number of H-pyrrole nitrogens is 1. The molecule has 0 saturated carbocycles. The van der Waals surface area contributed by atoms with E-state index in [4.69, 9.17) is 9.47 Å². The van der Waals surface area contributed by atoms with Crippen molar-refractivity contribution in [1.29, 1.82) is 0 Å². The minimum Gasteiger partial charge on any atom is -0.497 e. The maximum atomic E-state index is 12.0. The number of rotatable bonds is 3. The fourth-order valence-electron chi connectivity index (χ4n) is 3.14. The number of nitrogens with one attached hydrogen (secondary N) is 1. The zero-order chi connectivity index (χ0) is 17.4. The number of hydrogen-bond donors (Lipinski definition) is 1. The van der Waals surface area contributed by atoms with Crippen molar-refractivity contribution in [2.24, 2.45) is 0 Å². The summed E-state index contributed by atoms with van der Waals surface area (Å²) in [6.07, 6.45) is 0.284. The molecule has 1 aliphatic heterocycles. The number of aromatic nitrogens is 2. The first-order valence-corrected chi connectivity index (χ1v) is 8.64. The third-order valence-electron chi connectivity index (χ3n) is 4.33. The highest BCUT2D eigenvalue weighted by molar-refractivity contribution is 9.10. The van der Waals surface area contributed by atoms with Crippen LogP contribution in [0.4, 0.5) is 0 Å². The van der Waals surface area contributed by atoms with Crippen LogP contribution in [0.5, 0.6) is 11.6 Å². The Kier molecular flexibility index (Phi) is 4.05. The highest BCUT2D eigenvalue weighted by Crippen LogP contribution is 2.43. The Labute approximate surface area is 153 Å². The number of halogens is 1. The van der Waals surface area contributed by atoms with Gasteiger partial charge in [-0.2, -0.15) is 0 Å². The van der Waals surface area contributed by atoms with E-state index in [0.717, 1.165) is 32.6 Å². The SMILES string of the molecule is COc1ccc(-c2[nH]nc3c2[C@H](c2cccc(Br)c2)CC(=O)O3)cc1. The van der Waals surface area contributed by atoms with Gasteiger partial charge < -0.3 is 9.47 Å². The molecule has 2 aromatic carbocycles. The first kappa shape index (κ1) is 15.9. The molecule has 6 heteroatoms. The van der Waals surface area contributed by atoms with E-state index in [9.17, 15) is 4.79 Å². The van der Waals surface area contributed by atoms with E-state index in [-0.39, 0.29) is 18.3 Å². The van der Waals surface area contributed by atoms with Crippen molar-refractivity contribution < 1.29 is 14.3 Å². The normalized spacial score (nSPS) is 16.2. The van der Waals surface area contributed by atoms with E-state index in [2.05, 4.69) is 26.1 Å². The maximum absolute atomic E-state index is 12.0. The molecule has 0 unspecified atom stereocenters. The number of benzene rings is 2. The number of nitrogens with zero attached hydrogens (tertiary/aromatic N) is 1. The van der Waals surface area contributed by atoms with Gasteiger partial charge in [-0.1, -0.05) is 28.1 Å². The number of hydrogen-bond acceptors (Lipinski definition) is 4. The van der Waals surface area contributed by atoms with Crippen molar-refractivity contribution in [3.8, 4) is 22.9 Å². The molecule has 126 valence electrons. The van der Waals surface area contributed by atoms with E-state index in [1.807, 2.05) is 48.5 Å². The van der Waals surface area contributed by atoms with Crippen LogP contribution in [-0.2, 0) is 4.79 Å². The third-order valence-corrected chi connectivity index (χ3v) is 4.82. The van der Waals surface area contributed by atoms with E-state index < -0.39 is 0 Å². The van der Waals surface area contributed by atoms with Crippen molar-refractivity contribution in [1.82, 2.24) is 10.2 Å². The summed E-state index contributed by atoms with van der Waals surface area (Å²) in [4.78, 5) is 12.0. The molecule has 0 aliphatic carbocycles. The van der Waals surface area contributed by atoms with Crippen molar-refractivity contribution in [2.45, 2.75) is 12.3 Å². The summed E-state index contributed by atoms with van der Waals surface area (Å²) >= 11 is 3.50. The lowest BCUT2D eigenvalue weighted by Gasteiger charge is -2.22. The average Bonchev–Trinajstić information content (AvgIpc) is 3.04. The molecule has 2 heterocycles. The number of carbonyl (C=O) groups excluding carboxylic acids is 1. The molecule has 1 aromatic heterocycles. The molecule has 0 bridgehead atoms. The fourth-order valence-corrected chi connectivity index (χ4v) is 3.56. The molecule has 1 N–H and O–H groups in total. The second-order valence-corrected chi connectivity index (χ2v) is 6.75. The van der Waals surface area contributed by atoms with Crippen LogP contribution in [0.1, 0.15) is 23.5 Å². The van der Waals surface area contributed by atoms with Crippen LogP contribution in [-0.4, -0.2) is 23.3 Å². The van der Waals surface area contributed by atoms with Crippen LogP contribution in [0.2, 0.25) is 0 Å². The molecule has 5 nitrogen and oxygen atoms in total. The largest absolute Gasteiger partial charge is 0.497 e. The number of aromatic amines is 1. The van der Waals surface area contributed by atoms with Gasteiger partial charge in [-0.25, -0.2) is 0 Å². The third kappa shape index (κ3) is 2.93. The van der Waals surface area contributed by atoms with Crippen LogP contribution in [0, 0.1) is 0 Å². The van der Waals surface area contributed by atoms with Crippen molar-refractivity contribution in [2.75, 3.05) is 7.11 Å². The Hall–Kier alpha value is -2.60. The minimum absolute atomic E-state index is 0.107. The van der Waals surface area contributed by atoms with Gasteiger partial charge in [0.1, 0.15) is 5.75 Å². The van der Waals surface area contributed by atoms with E-state index in [0.29, 0.717) is 5.88 Å². The summed E-state index contributed by atoms with van der Waals surface area (Å²) in [6, 6.07) is 15.7. The predicted octanol–water partition coefficient (Wildman–Crippen LogP) is 4.29. The van der Waals surface area contributed by atoms with Crippen LogP contribution in [0.15, 0.2) is 53.0 Å². The average molecular weight is 399 g/mol. The Bertz CT molecular complexity index is 934. The molecule has 0 fully saturated rings. The Morgan fingerprint density at radius 2 is 2.04 bits per heavy atom. The van der Waals surface area contributed by atoms with E-state index in [1.165, 1.54) is 0 Å². The van der Waals surface area contributed by atoms with Crippen molar-refractivity contribution in [3.05, 3.63) is 64.1 Å². The maximum Gasteiger partial charge on any atom is 0.313 e. The number of esters is 1. The molecule has 4 rings (SSSR count). The summed E-state index contributed by atoms with van der Waals surface area (Å²) in [5.41, 5.74) is 3.77. The van der Waals surface area contributed by atoms with Gasteiger partial charge in [-0.15, -0.1) is 5.10 Å². The first-order valence-electron chi connectivity index (χ1n) is 7.84. The second kappa shape index (κ2) is 6.37. The first-order chi connectivity index (χ1) is 12.2. The Balaban J connectivity index is 1.83. The lowest BCUT2D eigenvalue weighted by atomic mass is 9.86. The van der Waals surface area contributed by atoms with Crippen LogP contribution in [0.25, 0.3) is 11.3 Å². The molecule has 3 aromatic rings. The molecule has 1 aliphatic rings. The van der Waals surface area contributed by atoms with Gasteiger partial charge in [0.25, 0.3) is 0 Å². The summed E-state index contributed by atoms with van der Waals surface area (Å²) in [5.74, 6) is 0.758. The molecule has 25 heavy (non-hydrogen) atoms. The molecule has 0 saturated heterocycles. The van der Waals surface area contributed by atoms with Crippen LogP contribution in [0.3, 0.4) is 0 Å². The van der Waals surface area contributed by atoms with Gasteiger partial charge in [0.05, 0.1) is 24.8 Å². The Morgan fingerprint density at radius 1 is 1.24 bits per heavy atom. The van der Waals surface area contributed by atoms with Crippen molar-refractivity contribution in [3.63, 3.8) is 0 Å². The lowest BCUT2D eigenvalue weighted by molar-refractivity contribution is -0.135. The number of methoxy groups -OCH3 is 1. The summed E-state index contributed by atoms with van der Waals surface area (Å²) in [5, 5.41) is 7.24. The number of fused-ring (bicyclic) bond motifs is 1. The summed E-state index contributed by atoms with van der Waals surface area (Å²) < 4.78 is 11.5. The van der Waals surface area contributed by atoms with Gasteiger partial charge in [-0.3, -0.25) is 9.89 Å². The predicted molar refractivity (Wildman–Crippen MR) is 96.8 cm³/mol. The molecular formula is C19H15BrN2O3. The summed E-state index contributed by atoms with van der Waals surface area (Å²) in [7, 11) is 1.63. The van der Waals surface area contributed by atoms with Gasteiger partial charge in [-0.05, 0) is 42.0 Å². The monoisotopic (exact) mass is 398 g/mol. The van der Waals surface area contributed by atoms with Crippen LogP contribution < -0.4 is 9.47 Å². The standard InChI is InChI=1S/C19H15BrN2O3/c1-24-14-7-5-11(6-8-14)18-17-15(12-3-2-4-13(20)9-12)10-16(23)25-19(17)22-21-18/h2-9,15H,10H2,1H3,(H,21,22)/t15-/m0/s1. The van der Waals surface area contributed by atoms with Crippen LogP contribution >= 0.6 is 15.9 Å². The smallest absolute Gasteiger partial charge is 0.313 e. The van der Waals surface area contributed by atoms with E-state index >= 15 is 0 Å². The van der Waals surface area contributed by atoms with Gasteiger partial charge in [0.2, 0.25) is 5.88 Å². The lowest BCUT2D eigenvalue weighted by Crippen LogP contribution is -2.20. The highest BCUT2D eigenvalue weighted by atomic mass is 79.9. The highest BCUT2D eigenvalue weighted by Gasteiger charge is 2.33. The number of carbonyl (C=O) groups is 1. The number of ether oxygens (including phenoxy) is 2. The van der Waals surface area contributed by atoms with E-state index in [1.54, 1.807) is 7.11 Å². The van der Waals surface area contributed by atoms with Gasteiger partial charge in [0.15, 0.2) is 0 Å². The fraction of sp³-hybridized carbons (Fsp3) is 0.158. The molecule has 0 amide bonds. The molecule has 0 radical (unpaired) electrons.